The second-order valence-corrected chi connectivity index (χ2v) is 9.50. The summed E-state index contributed by atoms with van der Waals surface area (Å²) in [6.45, 7) is 5.53. The van der Waals surface area contributed by atoms with Crippen LogP contribution in [0.15, 0.2) is 86.0 Å². The number of azo groups is 2. The van der Waals surface area contributed by atoms with Gasteiger partial charge in [-0.3, -0.25) is 0 Å². The van der Waals surface area contributed by atoms with E-state index in [1.54, 1.807) is 37.3 Å². The maximum atomic E-state index is 12.0. The van der Waals surface area contributed by atoms with E-state index in [1.807, 2.05) is 38.1 Å². The van der Waals surface area contributed by atoms with Gasteiger partial charge in [-0.25, -0.2) is 8.42 Å². The zero-order valence-corrected chi connectivity index (χ0v) is 23.0. The molecule has 0 spiro atoms. The number of nitrogens with two attached hydrogens (primary N) is 1. The molecule has 4 rings (SSSR count). The monoisotopic (exact) mass is 511 g/mol. The van der Waals surface area contributed by atoms with E-state index >= 15 is 0 Å². The van der Waals surface area contributed by atoms with Crippen molar-refractivity contribution in [3.63, 3.8) is 0 Å². The Morgan fingerprint density at radius 1 is 0.778 bits per heavy atom. The second kappa shape index (κ2) is 10.9. The van der Waals surface area contributed by atoms with Gasteiger partial charge in [0.25, 0.3) is 0 Å². The fourth-order valence-electron chi connectivity index (χ4n) is 3.53. The average Bonchev–Trinajstić information content (AvgIpc) is 2.79. The standard InChI is InChI=1S/C25H23N5O4S.Na/c1-14-4-8-18(9-5-14)27-29-23-16(3)12-17-13-20(35(32,33)34)24(22(26)21(17)25(23)31)30-28-19-10-6-15(2)7-11-19;/h4-13,31H,26H2,1-3H3,(H,32,33,34);/q;+1/p-1. The number of fused-ring (bicyclic) bond motifs is 1. The van der Waals surface area contributed by atoms with Gasteiger partial charge in [0, 0.05) is 0 Å². The van der Waals surface area contributed by atoms with Crippen LogP contribution in [-0.4, -0.2) is 18.1 Å². The molecule has 9 nitrogen and oxygen atoms in total. The summed E-state index contributed by atoms with van der Waals surface area (Å²) in [7, 11) is -4.95. The minimum absolute atomic E-state index is 0. The summed E-state index contributed by atoms with van der Waals surface area (Å²) in [5, 5.41) is 27.7. The third-order valence-electron chi connectivity index (χ3n) is 5.41. The number of aromatic hydroxyl groups is 1. The topological polar surface area (TPSA) is 153 Å². The minimum atomic E-state index is -4.95. The van der Waals surface area contributed by atoms with Gasteiger partial charge in [-0.1, -0.05) is 35.4 Å². The van der Waals surface area contributed by atoms with E-state index in [0.717, 1.165) is 17.2 Å². The molecule has 0 radical (unpaired) electrons. The van der Waals surface area contributed by atoms with Gasteiger partial charge in [0.15, 0.2) is 5.75 Å². The van der Waals surface area contributed by atoms with Crippen LogP contribution >= 0.6 is 0 Å². The zero-order valence-electron chi connectivity index (χ0n) is 20.2. The number of hydrogen-bond donors (Lipinski definition) is 2. The van der Waals surface area contributed by atoms with Gasteiger partial charge in [-0.15, -0.1) is 10.2 Å². The zero-order chi connectivity index (χ0) is 25.3. The van der Waals surface area contributed by atoms with Crippen LogP contribution in [0.3, 0.4) is 0 Å². The molecule has 4 aromatic rings. The molecule has 0 aromatic heterocycles. The van der Waals surface area contributed by atoms with Crippen molar-refractivity contribution >= 4 is 49.3 Å². The van der Waals surface area contributed by atoms with Crippen LogP contribution in [-0.2, 0) is 10.1 Å². The Kier molecular flexibility index (Phi) is 8.27. The van der Waals surface area contributed by atoms with E-state index in [1.165, 1.54) is 0 Å². The molecule has 0 aliphatic rings. The Bertz CT molecular complexity index is 1600. The molecule has 0 unspecified atom stereocenters. The molecule has 178 valence electrons. The summed E-state index contributed by atoms with van der Waals surface area (Å²) in [5.74, 6) is -0.310. The van der Waals surface area contributed by atoms with Gasteiger partial charge in [0.05, 0.1) is 27.3 Å². The number of phenols is 1. The minimum Gasteiger partial charge on any atom is -0.744 e. The SMILES string of the molecule is Cc1ccc(N=Nc2c(S(=O)(=O)[O-])cc3cc(C)c(N=Nc4ccc(C)cc4)c(O)c3c2N)cc1.[Na+]. The van der Waals surface area contributed by atoms with E-state index in [-0.39, 0.29) is 63.1 Å². The largest absolute Gasteiger partial charge is 1.00 e. The number of nitrogens with zero attached hydrogens (tertiary/aromatic N) is 4. The van der Waals surface area contributed by atoms with E-state index in [0.29, 0.717) is 16.9 Å². The third-order valence-corrected chi connectivity index (χ3v) is 6.26. The molecule has 0 amide bonds. The number of anilines is 1. The summed E-state index contributed by atoms with van der Waals surface area (Å²) in [6, 6.07) is 17.0. The molecule has 0 bridgehead atoms. The van der Waals surface area contributed by atoms with Gasteiger partial charge in [-0.2, -0.15) is 10.2 Å². The molecule has 36 heavy (non-hydrogen) atoms. The predicted octanol–water partition coefficient (Wildman–Crippen LogP) is 3.79. The quantitative estimate of drug-likeness (QED) is 0.181. The van der Waals surface area contributed by atoms with Crippen LogP contribution in [0.1, 0.15) is 16.7 Å². The Morgan fingerprint density at radius 3 is 1.72 bits per heavy atom. The Labute approximate surface area is 230 Å². The van der Waals surface area contributed by atoms with Gasteiger partial charge in [0.1, 0.15) is 21.5 Å². The van der Waals surface area contributed by atoms with Crippen LogP contribution in [0, 0.1) is 20.8 Å². The fraction of sp³-hybridized carbons (Fsp3) is 0.120. The molecule has 11 heteroatoms. The van der Waals surface area contributed by atoms with Gasteiger partial charge >= 0.3 is 29.6 Å². The van der Waals surface area contributed by atoms with Crippen molar-refractivity contribution in [3.05, 3.63) is 77.4 Å². The summed E-state index contributed by atoms with van der Waals surface area (Å²) in [6.07, 6.45) is 0. The summed E-state index contributed by atoms with van der Waals surface area (Å²) in [4.78, 5) is -0.633. The van der Waals surface area contributed by atoms with Crippen LogP contribution in [0.2, 0.25) is 0 Å². The van der Waals surface area contributed by atoms with Crippen molar-refractivity contribution in [1.29, 1.82) is 0 Å². The van der Waals surface area contributed by atoms with Crippen molar-refractivity contribution in [2.75, 3.05) is 5.73 Å². The smallest absolute Gasteiger partial charge is 0.744 e. The maximum absolute atomic E-state index is 12.0. The molecule has 0 saturated carbocycles. The Morgan fingerprint density at radius 2 is 1.25 bits per heavy atom. The first-order valence-electron chi connectivity index (χ1n) is 10.6. The molecule has 0 fully saturated rings. The second-order valence-electron chi connectivity index (χ2n) is 8.15. The molecule has 4 aromatic carbocycles. The van der Waals surface area contributed by atoms with Crippen molar-refractivity contribution in [1.82, 2.24) is 0 Å². The fourth-order valence-corrected chi connectivity index (χ4v) is 4.19. The van der Waals surface area contributed by atoms with Crippen LogP contribution in [0.5, 0.6) is 5.75 Å². The molecule has 0 aliphatic carbocycles. The van der Waals surface area contributed by atoms with Crippen molar-refractivity contribution in [2.45, 2.75) is 25.7 Å². The molecule has 0 heterocycles. The number of nitrogen functional groups attached to an aromatic ring is 1. The van der Waals surface area contributed by atoms with E-state index in [4.69, 9.17) is 5.73 Å². The maximum Gasteiger partial charge on any atom is 1.00 e. The third kappa shape index (κ3) is 5.80. The van der Waals surface area contributed by atoms with Crippen molar-refractivity contribution in [3.8, 4) is 5.75 Å². The normalized spacial score (nSPS) is 11.9. The molecular formula is C25H22N5NaO4S. The van der Waals surface area contributed by atoms with Crippen LogP contribution < -0.4 is 35.3 Å². The first kappa shape index (κ1) is 27.4. The average molecular weight is 512 g/mol. The predicted molar refractivity (Wildman–Crippen MR) is 133 cm³/mol. The summed E-state index contributed by atoms with van der Waals surface area (Å²) in [5.41, 5.74) is 9.45. The van der Waals surface area contributed by atoms with Crippen LogP contribution in [0.25, 0.3) is 10.8 Å². The summed E-state index contributed by atoms with van der Waals surface area (Å²) >= 11 is 0. The van der Waals surface area contributed by atoms with E-state index < -0.39 is 15.0 Å². The first-order valence-corrected chi connectivity index (χ1v) is 12.0. The van der Waals surface area contributed by atoms with Crippen molar-refractivity contribution in [2.24, 2.45) is 20.5 Å². The number of benzene rings is 4. The molecule has 0 atom stereocenters. The Balaban J connectivity index is 0.00000361. The van der Waals surface area contributed by atoms with Gasteiger partial charge in [0.2, 0.25) is 0 Å². The number of hydrogen-bond acceptors (Lipinski definition) is 9. The molecule has 0 saturated heterocycles. The van der Waals surface area contributed by atoms with Gasteiger partial charge in [-0.05, 0) is 68.1 Å². The Hall–Kier alpha value is -3.15. The number of aryl methyl sites for hydroxylation is 3. The number of phenolic OH excluding ortho intramolecular Hbond substituents is 1. The van der Waals surface area contributed by atoms with E-state index in [2.05, 4.69) is 20.5 Å². The van der Waals surface area contributed by atoms with Crippen LogP contribution in [0.4, 0.5) is 28.4 Å². The first-order chi connectivity index (χ1) is 16.5. The molecule has 3 N–H and O–H groups in total. The van der Waals surface area contributed by atoms with Gasteiger partial charge < -0.3 is 15.4 Å². The van der Waals surface area contributed by atoms with E-state index in [9.17, 15) is 18.1 Å². The summed E-state index contributed by atoms with van der Waals surface area (Å²) < 4.78 is 36.1. The molecular weight excluding hydrogens is 489 g/mol. The number of rotatable bonds is 5. The van der Waals surface area contributed by atoms with Crippen molar-refractivity contribution < 1.29 is 47.6 Å². The molecule has 0 aliphatic heterocycles.